The fraction of sp³-hybridized carbons (Fsp3) is 0.700. The quantitative estimate of drug-likeness (QED) is 0.740. The van der Waals surface area contributed by atoms with Gasteiger partial charge in [-0.3, -0.25) is 4.79 Å². The zero-order valence-electron chi connectivity index (χ0n) is 8.55. The van der Waals surface area contributed by atoms with E-state index >= 15 is 0 Å². The highest BCUT2D eigenvalue weighted by Gasteiger charge is 2.23. The summed E-state index contributed by atoms with van der Waals surface area (Å²) < 4.78 is 22.6. The molecule has 0 bridgehead atoms. The van der Waals surface area contributed by atoms with E-state index in [4.69, 9.17) is 5.11 Å². The van der Waals surface area contributed by atoms with Gasteiger partial charge in [0.1, 0.15) is 0 Å². The Labute approximate surface area is 89.9 Å². The molecule has 86 valence electrons. The predicted molar refractivity (Wildman–Crippen MR) is 57.4 cm³/mol. The van der Waals surface area contributed by atoms with Crippen LogP contribution in [0, 0.1) is 5.92 Å². The smallest absolute Gasteiger partial charge is 0.307 e. The van der Waals surface area contributed by atoms with Crippen LogP contribution in [0.1, 0.15) is 25.7 Å². The number of carboxylic acid groups (broad SMARTS) is 1. The molecule has 1 aliphatic rings. The first kappa shape index (κ1) is 12.2. The summed E-state index contributed by atoms with van der Waals surface area (Å²) in [5.74, 6) is -0.122. The lowest BCUT2D eigenvalue weighted by Gasteiger charge is -2.20. The van der Waals surface area contributed by atoms with Crippen molar-refractivity contribution < 1.29 is 18.3 Å². The molecule has 5 heteroatoms. The maximum absolute atomic E-state index is 11.3. The molecule has 1 N–H and O–H groups in total. The van der Waals surface area contributed by atoms with Gasteiger partial charge in [-0.25, -0.2) is 8.42 Å². The van der Waals surface area contributed by atoms with E-state index in [0.29, 0.717) is 12.2 Å². The first-order valence-corrected chi connectivity index (χ1v) is 6.89. The Morgan fingerprint density at radius 3 is 2.73 bits per heavy atom. The fourth-order valence-electron chi connectivity index (χ4n) is 1.78. The maximum atomic E-state index is 11.3. The third-order valence-electron chi connectivity index (χ3n) is 2.49. The molecular weight excluding hydrogens is 216 g/mol. The second kappa shape index (κ2) is 5.30. The van der Waals surface area contributed by atoms with Crippen molar-refractivity contribution in [2.45, 2.75) is 25.7 Å². The van der Waals surface area contributed by atoms with Crippen LogP contribution >= 0.6 is 0 Å². The van der Waals surface area contributed by atoms with Gasteiger partial charge in [-0.2, -0.15) is 0 Å². The molecule has 0 radical (unpaired) electrons. The zero-order chi connectivity index (χ0) is 11.3. The minimum atomic E-state index is -2.84. The number of carbonyl (C=O) groups is 1. The molecule has 1 atom stereocenters. The fourth-order valence-corrected chi connectivity index (χ4v) is 3.57. The Balaban J connectivity index is 2.33. The summed E-state index contributed by atoms with van der Waals surface area (Å²) in [7, 11) is -2.84. The number of sulfone groups is 1. The Hall–Kier alpha value is -0.840. The molecular formula is C10H16O4S. The molecule has 1 saturated heterocycles. The van der Waals surface area contributed by atoms with Gasteiger partial charge in [0.15, 0.2) is 9.84 Å². The molecule has 0 aliphatic carbocycles. The van der Waals surface area contributed by atoms with Crippen molar-refractivity contribution in [3.8, 4) is 0 Å². The highest BCUT2D eigenvalue weighted by Crippen LogP contribution is 2.21. The number of hydrogen-bond acceptors (Lipinski definition) is 3. The standard InChI is InChI=1S/C10H16O4S/c11-10(12)6-2-1-4-9-5-3-7-15(13,14)8-9/h1-2,9H,3-8H2,(H,11,12)/b2-1-. The van der Waals surface area contributed by atoms with Gasteiger partial charge >= 0.3 is 5.97 Å². The summed E-state index contributed by atoms with van der Waals surface area (Å²) in [4.78, 5) is 10.2. The molecule has 1 heterocycles. The van der Waals surface area contributed by atoms with Gasteiger partial charge < -0.3 is 5.11 Å². The molecule has 0 amide bonds. The third-order valence-corrected chi connectivity index (χ3v) is 4.38. The lowest BCUT2D eigenvalue weighted by molar-refractivity contribution is -0.136. The Morgan fingerprint density at radius 1 is 1.40 bits per heavy atom. The van der Waals surface area contributed by atoms with E-state index in [9.17, 15) is 13.2 Å². The summed E-state index contributed by atoms with van der Waals surface area (Å²) in [6.07, 6.45) is 5.71. The Morgan fingerprint density at radius 2 is 2.13 bits per heavy atom. The molecule has 1 rings (SSSR count). The molecule has 0 saturated carbocycles. The highest BCUT2D eigenvalue weighted by molar-refractivity contribution is 7.91. The first-order chi connectivity index (χ1) is 6.99. The second-order valence-electron chi connectivity index (χ2n) is 3.93. The van der Waals surface area contributed by atoms with Crippen molar-refractivity contribution in [2.24, 2.45) is 5.92 Å². The second-order valence-corrected chi connectivity index (χ2v) is 6.16. The van der Waals surface area contributed by atoms with Gasteiger partial charge in [0.25, 0.3) is 0 Å². The van der Waals surface area contributed by atoms with Crippen molar-refractivity contribution in [1.82, 2.24) is 0 Å². The van der Waals surface area contributed by atoms with E-state index in [1.165, 1.54) is 0 Å². The lowest BCUT2D eigenvalue weighted by atomic mass is 10.0. The molecule has 0 aromatic rings. The minimum absolute atomic E-state index is 0.0134. The summed E-state index contributed by atoms with van der Waals surface area (Å²) >= 11 is 0. The average molecular weight is 232 g/mol. The van der Waals surface area contributed by atoms with Crippen LogP contribution in [0.5, 0.6) is 0 Å². The average Bonchev–Trinajstić information content (AvgIpc) is 2.10. The van der Waals surface area contributed by atoms with Crippen LogP contribution in [0.15, 0.2) is 12.2 Å². The lowest BCUT2D eigenvalue weighted by Crippen LogP contribution is -2.24. The normalized spacial score (nSPS) is 25.5. The van der Waals surface area contributed by atoms with E-state index < -0.39 is 15.8 Å². The van der Waals surface area contributed by atoms with Crippen molar-refractivity contribution in [2.75, 3.05) is 11.5 Å². The van der Waals surface area contributed by atoms with Gasteiger partial charge in [-0.15, -0.1) is 0 Å². The number of hydrogen-bond donors (Lipinski definition) is 1. The van der Waals surface area contributed by atoms with Gasteiger partial charge in [0, 0.05) is 0 Å². The molecule has 1 unspecified atom stereocenters. The zero-order valence-corrected chi connectivity index (χ0v) is 9.37. The van der Waals surface area contributed by atoms with Crippen molar-refractivity contribution in [3.63, 3.8) is 0 Å². The monoisotopic (exact) mass is 232 g/mol. The van der Waals surface area contributed by atoms with Crippen LogP contribution in [0.2, 0.25) is 0 Å². The van der Waals surface area contributed by atoms with E-state index in [0.717, 1.165) is 12.8 Å². The predicted octanol–water partition coefficient (Wildman–Crippen LogP) is 1.23. The molecule has 0 aromatic carbocycles. The van der Waals surface area contributed by atoms with Crippen LogP contribution in [-0.4, -0.2) is 31.0 Å². The molecule has 0 spiro atoms. The summed E-state index contributed by atoms with van der Waals surface area (Å²) in [6, 6.07) is 0. The molecule has 4 nitrogen and oxygen atoms in total. The van der Waals surface area contributed by atoms with Crippen LogP contribution in [-0.2, 0) is 14.6 Å². The number of carboxylic acids is 1. The van der Waals surface area contributed by atoms with E-state index in [2.05, 4.69) is 0 Å². The summed E-state index contributed by atoms with van der Waals surface area (Å²) in [5.41, 5.74) is 0. The summed E-state index contributed by atoms with van der Waals surface area (Å²) in [5, 5.41) is 8.39. The van der Waals surface area contributed by atoms with Gasteiger partial charge in [-0.05, 0) is 25.2 Å². The molecule has 1 aliphatic heterocycles. The van der Waals surface area contributed by atoms with E-state index in [-0.39, 0.29) is 18.1 Å². The van der Waals surface area contributed by atoms with E-state index in [1.54, 1.807) is 12.2 Å². The maximum Gasteiger partial charge on any atom is 0.307 e. The van der Waals surface area contributed by atoms with Crippen LogP contribution in [0.3, 0.4) is 0 Å². The van der Waals surface area contributed by atoms with Crippen LogP contribution in [0.4, 0.5) is 0 Å². The first-order valence-electron chi connectivity index (χ1n) is 5.07. The molecule has 0 aromatic heterocycles. The molecule has 1 fully saturated rings. The number of allylic oxidation sites excluding steroid dienone is 1. The van der Waals surface area contributed by atoms with Crippen LogP contribution in [0.25, 0.3) is 0 Å². The largest absolute Gasteiger partial charge is 0.481 e. The number of rotatable bonds is 4. The Kier molecular flexibility index (Phi) is 4.32. The summed E-state index contributed by atoms with van der Waals surface area (Å²) in [6.45, 7) is 0. The van der Waals surface area contributed by atoms with Crippen molar-refractivity contribution in [3.05, 3.63) is 12.2 Å². The number of aliphatic carboxylic acids is 1. The third kappa shape index (κ3) is 4.97. The SMILES string of the molecule is O=C(O)C/C=C\CC1CCCS(=O)(=O)C1. The van der Waals surface area contributed by atoms with E-state index in [1.807, 2.05) is 0 Å². The van der Waals surface area contributed by atoms with Crippen molar-refractivity contribution >= 4 is 15.8 Å². The Bertz CT molecular complexity index is 342. The van der Waals surface area contributed by atoms with Gasteiger partial charge in [0.05, 0.1) is 17.9 Å². The highest BCUT2D eigenvalue weighted by atomic mass is 32.2. The van der Waals surface area contributed by atoms with Crippen LogP contribution < -0.4 is 0 Å². The topological polar surface area (TPSA) is 71.4 Å². The van der Waals surface area contributed by atoms with Gasteiger partial charge in [-0.1, -0.05) is 12.2 Å². The van der Waals surface area contributed by atoms with Crippen molar-refractivity contribution in [1.29, 1.82) is 0 Å². The minimum Gasteiger partial charge on any atom is -0.481 e. The van der Waals surface area contributed by atoms with Gasteiger partial charge in [0.2, 0.25) is 0 Å². The molecule has 15 heavy (non-hydrogen) atoms.